The first-order chi connectivity index (χ1) is 8.52. The molecule has 0 spiro atoms. The summed E-state index contributed by atoms with van der Waals surface area (Å²) in [7, 11) is 1.98. The van der Waals surface area contributed by atoms with Crippen molar-refractivity contribution in [3.63, 3.8) is 0 Å². The van der Waals surface area contributed by atoms with Crippen molar-refractivity contribution in [2.45, 2.75) is 19.9 Å². The first kappa shape index (κ1) is 14.1. The van der Waals surface area contributed by atoms with E-state index >= 15 is 0 Å². The Morgan fingerprint density at radius 1 is 1.28 bits per heavy atom. The van der Waals surface area contributed by atoms with Crippen molar-refractivity contribution in [1.82, 2.24) is 5.32 Å². The third kappa shape index (κ3) is 2.80. The number of hydrogen-bond donors (Lipinski definition) is 1. The summed E-state index contributed by atoms with van der Waals surface area (Å²) in [6.45, 7) is 4.26. The zero-order valence-corrected chi connectivity index (χ0v) is 13.7. The molecule has 1 nitrogen and oxygen atoms in total. The summed E-state index contributed by atoms with van der Waals surface area (Å²) < 4.78 is 1.77. The van der Waals surface area contributed by atoms with Crippen LogP contribution in [0.2, 0.25) is 4.34 Å². The van der Waals surface area contributed by atoms with Crippen LogP contribution < -0.4 is 5.32 Å². The van der Waals surface area contributed by atoms with E-state index in [0.717, 1.165) is 8.81 Å². The minimum atomic E-state index is 0.193. The molecule has 1 heterocycles. The second kappa shape index (κ2) is 5.74. The van der Waals surface area contributed by atoms with Crippen LogP contribution in [0.5, 0.6) is 0 Å². The van der Waals surface area contributed by atoms with E-state index in [0.29, 0.717) is 0 Å². The van der Waals surface area contributed by atoms with Gasteiger partial charge in [0.1, 0.15) is 4.34 Å². The van der Waals surface area contributed by atoms with E-state index in [1.165, 1.54) is 21.6 Å². The van der Waals surface area contributed by atoms with Crippen molar-refractivity contribution in [2.75, 3.05) is 7.05 Å². The molecule has 1 aromatic carbocycles. The zero-order valence-electron chi connectivity index (χ0n) is 10.6. The SMILES string of the molecule is CNC(c1cc(Br)c(Cl)s1)c1cc(C)ccc1C. The molecule has 0 fully saturated rings. The van der Waals surface area contributed by atoms with E-state index in [4.69, 9.17) is 11.6 Å². The minimum Gasteiger partial charge on any atom is -0.309 e. The highest BCUT2D eigenvalue weighted by atomic mass is 79.9. The Morgan fingerprint density at radius 2 is 2.00 bits per heavy atom. The van der Waals surface area contributed by atoms with Crippen molar-refractivity contribution in [2.24, 2.45) is 0 Å². The molecular weight excluding hydrogens is 330 g/mol. The lowest BCUT2D eigenvalue weighted by molar-refractivity contribution is 0.698. The van der Waals surface area contributed by atoms with Gasteiger partial charge in [-0.2, -0.15) is 0 Å². The molecule has 2 rings (SSSR count). The van der Waals surface area contributed by atoms with Crippen molar-refractivity contribution >= 4 is 38.9 Å². The summed E-state index contributed by atoms with van der Waals surface area (Å²) in [6, 6.07) is 8.83. The third-order valence-electron chi connectivity index (χ3n) is 2.98. The average Bonchev–Trinajstić information content (AvgIpc) is 2.65. The maximum Gasteiger partial charge on any atom is 0.107 e. The summed E-state index contributed by atoms with van der Waals surface area (Å²) in [5, 5.41) is 3.37. The third-order valence-corrected chi connectivity index (χ3v) is 5.52. The van der Waals surface area contributed by atoms with Gasteiger partial charge in [0.05, 0.1) is 6.04 Å². The average molecular weight is 345 g/mol. The number of benzene rings is 1. The quantitative estimate of drug-likeness (QED) is 0.818. The molecule has 0 aliphatic carbocycles. The molecule has 0 bridgehead atoms. The molecular formula is C14H15BrClNS. The Bertz CT molecular complexity index is 545. The summed E-state index contributed by atoms with van der Waals surface area (Å²) in [5.41, 5.74) is 3.88. The van der Waals surface area contributed by atoms with Crippen molar-refractivity contribution in [3.05, 3.63) is 54.6 Å². The monoisotopic (exact) mass is 343 g/mol. The molecule has 1 atom stereocenters. The number of rotatable bonds is 3. The van der Waals surface area contributed by atoms with E-state index in [9.17, 15) is 0 Å². The number of hydrogen-bond acceptors (Lipinski definition) is 2. The Balaban J connectivity index is 2.48. The van der Waals surface area contributed by atoms with Gasteiger partial charge in [-0.05, 0) is 54.0 Å². The van der Waals surface area contributed by atoms with Gasteiger partial charge in [0.2, 0.25) is 0 Å². The molecule has 0 saturated carbocycles. The molecule has 0 aliphatic heterocycles. The highest BCUT2D eigenvalue weighted by Gasteiger charge is 2.18. The molecule has 0 amide bonds. The van der Waals surface area contributed by atoms with E-state index in [1.54, 1.807) is 11.3 Å². The summed E-state index contributed by atoms with van der Waals surface area (Å²) in [4.78, 5) is 1.23. The first-order valence-electron chi connectivity index (χ1n) is 5.72. The maximum atomic E-state index is 6.13. The van der Waals surface area contributed by atoms with Crippen molar-refractivity contribution in [3.8, 4) is 0 Å². The number of nitrogens with one attached hydrogen (secondary N) is 1. The predicted octanol–water partition coefficient (Wildman–Crippen LogP) is 5.09. The summed E-state index contributed by atoms with van der Waals surface area (Å²) in [5.74, 6) is 0. The molecule has 1 aromatic heterocycles. The van der Waals surface area contributed by atoms with Crippen molar-refractivity contribution < 1.29 is 0 Å². The topological polar surface area (TPSA) is 12.0 Å². The van der Waals surface area contributed by atoms with Crippen LogP contribution in [0.1, 0.15) is 27.6 Å². The Kier molecular flexibility index (Phi) is 4.49. The van der Waals surface area contributed by atoms with Gasteiger partial charge in [0.15, 0.2) is 0 Å². The number of thiophene rings is 1. The van der Waals surface area contributed by atoms with Crippen LogP contribution in [0.15, 0.2) is 28.7 Å². The largest absolute Gasteiger partial charge is 0.309 e. The molecule has 1 unspecified atom stereocenters. The summed E-state index contributed by atoms with van der Waals surface area (Å²) >= 11 is 11.2. The second-order valence-corrected chi connectivity index (χ2v) is 6.89. The molecule has 2 aromatic rings. The molecule has 0 aliphatic rings. The highest BCUT2D eigenvalue weighted by Crippen LogP contribution is 2.38. The first-order valence-corrected chi connectivity index (χ1v) is 7.71. The fourth-order valence-corrected chi connectivity index (χ4v) is 3.89. The molecule has 96 valence electrons. The van der Waals surface area contributed by atoms with Crippen LogP contribution in [-0.2, 0) is 0 Å². The summed E-state index contributed by atoms with van der Waals surface area (Å²) in [6.07, 6.45) is 0. The van der Waals surface area contributed by atoms with Gasteiger partial charge in [-0.3, -0.25) is 0 Å². The lowest BCUT2D eigenvalue weighted by atomic mass is 9.98. The van der Waals surface area contributed by atoms with Crippen LogP contribution in [0.3, 0.4) is 0 Å². The van der Waals surface area contributed by atoms with Crippen molar-refractivity contribution in [1.29, 1.82) is 0 Å². The van der Waals surface area contributed by atoms with Crippen LogP contribution in [0.4, 0.5) is 0 Å². The maximum absolute atomic E-state index is 6.13. The fourth-order valence-electron chi connectivity index (χ4n) is 2.03. The lowest BCUT2D eigenvalue weighted by Crippen LogP contribution is -2.17. The van der Waals surface area contributed by atoms with Gasteiger partial charge in [-0.25, -0.2) is 0 Å². The van der Waals surface area contributed by atoms with Crippen LogP contribution in [0, 0.1) is 13.8 Å². The number of halogens is 2. The number of aryl methyl sites for hydroxylation is 2. The van der Waals surface area contributed by atoms with Gasteiger partial charge in [-0.15, -0.1) is 11.3 Å². The second-order valence-electron chi connectivity index (χ2n) is 4.35. The minimum absolute atomic E-state index is 0.193. The lowest BCUT2D eigenvalue weighted by Gasteiger charge is -2.18. The zero-order chi connectivity index (χ0) is 13.3. The van der Waals surface area contributed by atoms with Gasteiger partial charge >= 0.3 is 0 Å². The van der Waals surface area contributed by atoms with Gasteiger partial charge in [0.25, 0.3) is 0 Å². The van der Waals surface area contributed by atoms with Gasteiger partial charge in [-0.1, -0.05) is 35.4 Å². The van der Waals surface area contributed by atoms with Crippen LogP contribution in [0.25, 0.3) is 0 Å². The Labute approximate surface area is 125 Å². The highest BCUT2D eigenvalue weighted by molar-refractivity contribution is 9.10. The predicted molar refractivity (Wildman–Crippen MR) is 83.8 cm³/mol. The van der Waals surface area contributed by atoms with Crippen LogP contribution >= 0.6 is 38.9 Å². The molecule has 0 radical (unpaired) electrons. The van der Waals surface area contributed by atoms with E-state index in [2.05, 4.69) is 59.4 Å². The van der Waals surface area contributed by atoms with E-state index in [-0.39, 0.29) is 6.04 Å². The Hall–Kier alpha value is -0.350. The van der Waals surface area contributed by atoms with Gasteiger partial charge < -0.3 is 5.32 Å². The van der Waals surface area contributed by atoms with E-state index < -0.39 is 0 Å². The van der Waals surface area contributed by atoms with E-state index in [1.807, 2.05) is 7.05 Å². The van der Waals surface area contributed by atoms with Crippen LogP contribution in [-0.4, -0.2) is 7.05 Å². The molecule has 1 N–H and O–H groups in total. The van der Waals surface area contributed by atoms with Gasteiger partial charge in [0, 0.05) is 9.35 Å². The molecule has 0 saturated heterocycles. The Morgan fingerprint density at radius 3 is 2.56 bits per heavy atom. The standard InChI is InChI=1S/C14H15BrClNS/c1-8-4-5-9(2)10(6-8)13(17-3)12-7-11(15)14(16)18-12/h4-7,13,17H,1-3H3. The fraction of sp³-hybridized carbons (Fsp3) is 0.286. The molecule has 18 heavy (non-hydrogen) atoms. The molecule has 4 heteroatoms. The normalized spacial score (nSPS) is 12.7. The smallest absolute Gasteiger partial charge is 0.107 e.